The molecule has 2 N–H and O–H groups in total. The van der Waals surface area contributed by atoms with Crippen molar-refractivity contribution in [3.8, 4) is 0 Å². The van der Waals surface area contributed by atoms with Gasteiger partial charge >= 0.3 is 0 Å². The summed E-state index contributed by atoms with van der Waals surface area (Å²) in [6.07, 6.45) is 0. The summed E-state index contributed by atoms with van der Waals surface area (Å²) in [4.78, 5) is 12.8. The molecule has 0 saturated carbocycles. The van der Waals surface area contributed by atoms with Gasteiger partial charge in [-0.05, 0) is 39.5 Å². The van der Waals surface area contributed by atoms with Crippen molar-refractivity contribution in [2.75, 3.05) is 11.9 Å². The predicted octanol–water partition coefficient (Wildman–Crippen LogP) is 3.24. The summed E-state index contributed by atoms with van der Waals surface area (Å²) in [5.41, 5.74) is 0.821. The first-order valence-corrected chi connectivity index (χ1v) is 7.20. The summed E-state index contributed by atoms with van der Waals surface area (Å²) < 4.78 is 1.09. The van der Waals surface area contributed by atoms with Crippen molar-refractivity contribution < 1.29 is 4.79 Å². The van der Waals surface area contributed by atoms with Crippen molar-refractivity contribution in [3.05, 3.63) is 51.1 Å². The van der Waals surface area contributed by atoms with Gasteiger partial charge in [-0.15, -0.1) is 11.3 Å². The van der Waals surface area contributed by atoms with Crippen LogP contribution in [-0.2, 0) is 11.3 Å². The first kappa shape index (κ1) is 13.3. The average Bonchev–Trinajstić information content (AvgIpc) is 2.76. The highest BCUT2D eigenvalue weighted by Gasteiger charge is 2.04. The van der Waals surface area contributed by atoms with Gasteiger partial charge in [0.1, 0.15) is 0 Å². The van der Waals surface area contributed by atoms with Crippen LogP contribution < -0.4 is 10.6 Å². The number of benzene rings is 1. The van der Waals surface area contributed by atoms with Crippen LogP contribution in [0.5, 0.6) is 0 Å². The van der Waals surface area contributed by atoms with E-state index in [-0.39, 0.29) is 5.91 Å². The SMILES string of the molecule is O=C(CNCc1sccc1Br)Nc1ccccc1. The van der Waals surface area contributed by atoms with Crippen molar-refractivity contribution in [1.82, 2.24) is 5.32 Å². The number of hydrogen-bond acceptors (Lipinski definition) is 3. The summed E-state index contributed by atoms with van der Waals surface area (Å²) in [6, 6.07) is 11.5. The van der Waals surface area contributed by atoms with Crippen LogP contribution in [0.3, 0.4) is 0 Å². The number of amides is 1. The Hall–Kier alpha value is -1.17. The molecule has 1 heterocycles. The fourth-order valence-electron chi connectivity index (χ4n) is 1.47. The van der Waals surface area contributed by atoms with Crippen LogP contribution >= 0.6 is 27.3 Å². The van der Waals surface area contributed by atoms with E-state index in [1.54, 1.807) is 11.3 Å². The molecule has 0 spiro atoms. The minimum Gasteiger partial charge on any atom is -0.325 e. The number of carbonyl (C=O) groups is 1. The van der Waals surface area contributed by atoms with E-state index in [1.807, 2.05) is 41.8 Å². The third-order valence-corrected chi connectivity index (χ3v) is 4.25. The van der Waals surface area contributed by atoms with E-state index < -0.39 is 0 Å². The second kappa shape index (κ2) is 6.68. The lowest BCUT2D eigenvalue weighted by molar-refractivity contribution is -0.115. The Bertz CT molecular complexity index is 513. The van der Waals surface area contributed by atoms with Gasteiger partial charge in [0.25, 0.3) is 0 Å². The van der Waals surface area contributed by atoms with E-state index in [4.69, 9.17) is 0 Å². The summed E-state index contributed by atoms with van der Waals surface area (Å²) in [5.74, 6) is -0.0334. The standard InChI is InChI=1S/C13H13BrN2OS/c14-11-6-7-18-12(11)8-15-9-13(17)16-10-4-2-1-3-5-10/h1-7,15H,8-9H2,(H,16,17). The van der Waals surface area contributed by atoms with E-state index in [9.17, 15) is 4.79 Å². The number of rotatable bonds is 5. The van der Waals surface area contributed by atoms with Gasteiger partial charge in [-0.1, -0.05) is 18.2 Å². The molecule has 18 heavy (non-hydrogen) atoms. The second-order valence-electron chi connectivity index (χ2n) is 3.71. The smallest absolute Gasteiger partial charge is 0.238 e. The van der Waals surface area contributed by atoms with Crippen LogP contribution in [0.15, 0.2) is 46.3 Å². The predicted molar refractivity (Wildman–Crippen MR) is 78.8 cm³/mol. The molecule has 0 aliphatic heterocycles. The zero-order chi connectivity index (χ0) is 12.8. The molecule has 0 aliphatic rings. The molecule has 5 heteroatoms. The van der Waals surface area contributed by atoms with Crippen molar-refractivity contribution in [2.45, 2.75) is 6.54 Å². The summed E-state index contributed by atoms with van der Waals surface area (Å²) in [6.45, 7) is 1.000. The first-order chi connectivity index (χ1) is 8.75. The molecule has 1 aromatic carbocycles. The minimum atomic E-state index is -0.0334. The maximum absolute atomic E-state index is 11.6. The molecular weight excluding hydrogens is 312 g/mol. The van der Waals surface area contributed by atoms with Crippen LogP contribution in [0.2, 0.25) is 0 Å². The number of halogens is 1. The number of thiophene rings is 1. The zero-order valence-corrected chi connectivity index (χ0v) is 12.1. The lowest BCUT2D eigenvalue weighted by Crippen LogP contribution is -2.27. The Kier molecular flexibility index (Phi) is 4.92. The summed E-state index contributed by atoms with van der Waals surface area (Å²) in [7, 11) is 0. The lowest BCUT2D eigenvalue weighted by atomic mass is 10.3. The van der Waals surface area contributed by atoms with E-state index in [0.717, 1.165) is 10.2 Å². The number of carbonyl (C=O) groups excluding carboxylic acids is 1. The number of anilines is 1. The molecule has 94 valence electrons. The van der Waals surface area contributed by atoms with Gasteiger partial charge in [-0.2, -0.15) is 0 Å². The van der Waals surface area contributed by atoms with Gasteiger partial charge < -0.3 is 10.6 Å². The highest BCUT2D eigenvalue weighted by atomic mass is 79.9. The molecule has 0 radical (unpaired) electrons. The van der Waals surface area contributed by atoms with Crippen LogP contribution in [0, 0.1) is 0 Å². The van der Waals surface area contributed by atoms with Gasteiger partial charge in [-0.25, -0.2) is 0 Å². The molecule has 0 bridgehead atoms. The molecule has 0 aliphatic carbocycles. The topological polar surface area (TPSA) is 41.1 Å². The highest BCUT2D eigenvalue weighted by Crippen LogP contribution is 2.21. The molecule has 1 amide bonds. The molecule has 1 aromatic heterocycles. The van der Waals surface area contributed by atoms with Gasteiger partial charge in [0.2, 0.25) is 5.91 Å². The lowest BCUT2D eigenvalue weighted by Gasteiger charge is -2.06. The highest BCUT2D eigenvalue weighted by molar-refractivity contribution is 9.10. The molecule has 3 nitrogen and oxygen atoms in total. The van der Waals surface area contributed by atoms with Gasteiger partial charge in [0.05, 0.1) is 6.54 Å². The Labute approximate surface area is 118 Å². The molecule has 2 rings (SSSR count). The number of para-hydroxylation sites is 1. The summed E-state index contributed by atoms with van der Waals surface area (Å²) >= 11 is 5.12. The third kappa shape index (κ3) is 3.94. The quantitative estimate of drug-likeness (QED) is 0.886. The van der Waals surface area contributed by atoms with Crippen LogP contribution in [0.1, 0.15) is 4.88 Å². The maximum Gasteiger partial charge on any atom is 0.238 e. The van der Waals surface area contributed by atoms with Gasteiger partial charge in [-0.3, -0.25) is 4.79 Å². The van der Waals surface area contributed by atoms with Gasteiger partial charge in [0.15, 0.2) is 0 Å². The average molecular weight is 325 g/mol. The third-order valence-electron chi connectivity index (χ3n) is 2.32. The molecular formula is C13H13BrN2OS. The molecule has 0 saturated heterocycles. The van der Waals surface area contributed by atoms with E-state index in [2.05, 4.69) is 26.6 Å². The fourth-order valence-corrected chi connectivity index (χ4v) is 2.93. The molecule has 0 unspecified atom stereocenters. The molecule has 0 atom stereocenters. The Morgan fingerprint density at radius 1 is 1.22 bits per heavy atom. The first-order valence-electron chi connectivity index (χ1n) is 5.53. The normalized spacial score (nSPS) is 10.3. The van der Waals surface area contributed by atoms with Crippen molar-refractivity contribution in [3.63, 3.8) is 0 Å². The Morgan fingerprint density at radius 3 is 2.67 bits per heavy atom. The van der Waals surface area contributed by atoms with Crippen LogP contribution in [0.25, 0.3) is 0 Å². The van der Waals surface area contributed by atoms with Crippen LogP contribution in [-0.4, -0.2) is 12.5 Å². The number of hydrogen-bond donors (Lipinski definition) is 2. The van der Waals surface area contributed by atoms with E-state index >= 15 is 0 Å². The van der Waals surface area contributed by atoms with Gasteiger partial charge in [0, 0.05) is 21.6 Å². The fraction of sp³-hybridized carbons (Fsp3) is 0.154. The number of nitrogens with one attached hydrogen (secondary N) is 2. The maximum atomic E-state index is 11.6. The van der Waals surface area contributed by atoms with Crippen molar-refractivity contribution in [2.24, 2.45) is 0 Å². The summed E-state index contributed by atoms with van der Waals surface area (Å²) in [5, 5.41) is 7.96. The second-order valence-corrected chi connectivity index (χ2v) is 5.56. The van der Waals surface area contributed by atoms with Crippen LogP contribution in [0.4, 0.5) is 5.69 Å². The molecule has 2 aromatic rings. The Balaban J connectivity index is 1.74. The van der Waals surface area contributed by atoms with E-state index in [1.165, 1.54) is 4.88 Å². The van der Waals surface area contributed by atoms with Crippen molar-refractivity contribution in [1.29, 1.82) is 0 Å². The monoisotopic (exact) mass is 324 g/mol. The molecule has 0 fully saturated rings. The Morgan fingerprint density at radius 2 is 2.00 bits per heavy atom. The largest absolute Gasteiger partial charge is 0.325 e. The van der Waals surface area contributed by atoms with Crippen molar-refractivity contribution >= 4 is 38.9 Å². The van der Waals surface area contributed by atoms with E-state index in [0.29, 0.717) is 13.1 Å². The zero-order valence-electron chi connectivity index (χ0n) is 9.65. The minimum absolute atomic E-state index is 0.0334.